The second-order valence-corrected chi connectivity index (χ2v) is 3.52. The minimum atomic E-state index is -0.500. The van der Waals surface area contributed by atoms with E-state index in [1.807, 2.05) is 0 Å². The predicted octanol–water partition coefficient (Wildman–Crippen LogP) is 1.15. The van der Waals surface area contributed by atoms with Gasteiger partial charge in [-0.1, -0.05) is 6.07 Å². The standard InChI is InChI=1S/C11H15N3O4/c1-8(15)12-6-7-13-9-4-3-5-10(18-2)11(9)14(16)17/h3-5,13H,6-7H2,1-2H3,(H,12,15). The maximum atomic E-state index is 11.0. The Hall–Kier alpha value is -2.31. The smallest absolute Gasteiger partial charge is 0.333 e. The van der Waals surface area contributed by atoms with Gasteiger partial charge in [0.25, 0.3) is 0 Å². The topological polar surface area (TPSA) is 93.5 Å². The van der Waals surface area contributed by atoms with Crippen LogP contribution in [0.25, 0.3) is 0 Å². The number of rotatable bonds is 6. The molecule has 0 bridgehead atoms. The van der Waals surface area contributed by atoms with Crippen molar-refractivity contribution in [3.8, 4) is 5.75 Å². The number of amides is 1. The van der Waals surface area contributed by atoms with Crippen molar-refractivity contribution in [3.05, 3.63) is 28.3 Å². The summed E-state index contributed by atoms with van der Waals surface area (Å²) in [6.45, 7) is 2.20. The molecule has 0 atom stereocenters. The van der Waals surface area contributed by atoms with Crippen molar-refractivity contribution in [2.24, 2.45) is 0 Å². The molecule has 1 aromatic carbocycles. The Morgan fingerprint density at radius 2 is 2.17 bits per heavy atom. The normalized spacial score (nSPS) is 9.67. The molecule has 0 aromatic heterocycles. The molecule has 0 aliphatic heterocycles. The summed E-state index contributed by atoms with van der Waals surface area (Å²) >= 11 is 0. The molecule has 0 aliphatic rings. The number of carbonyl (C=O) groups is 1. The largest absolute Gasteiger partial charge is 0.490 e. The highest BCUT2D eigenvalue weighted by Gasteiger charge is 2.19. The van der Waals surface area contributed by atoms with E-state index in [0.29, 0.717) is 18.8 Å². The number of benzene rings is 1. The average Bonchev–Trinajstić information content (AvgIpc) is 2.33. The van der Waals surface area contributed by atoms with Crippen LogP contribution in [0.1, 0.15) is 6.92 Å². The van der Waals surface area contributed by atoms with Crippen LogP contribution in [-0.4, -0.2) is 31.0 Å². The molecule has 0 aliphatic carbocycles. The van der Waals surface area contributed by atoms with E-state index in [-0.39, 0.29) is 17.3 Å². The number of methoxy groups -OCH3 is 1. The first-order valence-corrected chi connectivity index (χ1v) is 5.36. The van der Waals surface area contributed by atoms with Crippen molar-refractivity contribution in [2.45, 2.75) is 6.92 Å². The van der Waals surface area contributed by atoms with Gasteiger partial charge in [-0.25, -0.2) is 0 Å². The number of hydrogen-bond donors (Lipinski definition) is 2. The van der Waals surface area contributed by atoms with Crippen LogP contribution < -0.4 is 15.4 Å². The number of hydrogen-bond acceptors (Lipinski definition) is 5. The quantitative estimate of drug-likeness (QED) is 0.450. The molecule has 7 heteroatoms. The molecular formula is C11H15N3O4. The summed E-state index contributed by atoms with van der Waals surface area (Å²) in [4.78, 5) is 21.1. The molecule has 0 unspecified atom stereocenters. The SMILES string of the molecule is COc1cccc(NCCNC(C)=O)c1[N+](=O)[O-]. The minimum absolute atomic E-state index is 0.108. The van der Waals surface area contributed by atoms with E-state index in [9.17, 15) is 14.9 Å². The molecular weight excluding hydrogens is 238 g/mol. The second kappa shape index (κ2) is 6.43. The number of nitro benzene ring substituents is 1. The van der Waals surface area contributed by atoms with Crippen LogP contribution in [0.4, 0.5) is 11.4 Å². The number of nitrogens with one attached hydrogen (secondary N) is 2. The molecule has 0 radical (unpaired) electrons. The first-order valence-electron chi connectivity index (χ1n) is 5.36. The van der Waals surface area contributed by atoms with Gasteiger partial charge >= 0.3 is 5.69 Å². The lowest BCUT2D eigenvalue weighted by molar-refractivity contribution is -0.384. The first kappa shape index (κ1) is 13.8. The summed E-state index contributed by atoms with van der Waals surface area (Å²) in [6, 6.07) is 4.78. The highest BCUT2D eigenvalue weighted by molar-refractivity contribution is 5.73. The zero-order valence-corrected chi connectivity index (χ0v) is 10.2. The Morgan fingerprint density at radius 3 is 2.72 bits per heavy atom. The highest BCUT2D eigenvalue weighted by atomic mass is 16.6. The Balaban J connectivity index is 2.75. The van der Waals surface area contributed by atoms with Crippen molar-refractivity contribution in [3.63, 3.8) is 0 Å². The number of nitrogens with zero attached hydrogens (tertiary/aromatic N) is 1. The van der Waals surface area contributed by atoms with Crippen molar-refractivity contribution < 1.29 is 14.5 Å². The van der Waals surface area contributed by atoms with Gasteiger partial charge < -0.3 is 15.4 Å². The summed E-state index contributed by atoms with van der Waals surface area (Å²) < 4.78 is 4.94. The first-order chi connectivity index (χ1) is 8.56. The van der Waals surface area contributed by atoms with Crippen molar-refractivity contribution in [1.82, 2.24) is 5.32 Å². The molecule has 2 N–H and O–H groups in total. The molecule has 7 nitrogen and oxygen atoms in total. The van der Waals surface area contributed by atoms with Crippen LogP contribution >= 0.6 is 0 Å². The molecule has 1 amide bonds. The van der Waals surface area contributed by atoms with E-state index in [4.69, 9.17) is 4.74 Å². The minimum Gasteiger partial charge on any atom is -0.490 e. The summed E-state index contributed by atoms with van der Waals surface area (Å²) in [5, 5.41) is 16.4. The Labute approximate surface area is 104 Å². The lowest BCUT2D eigenvalue weighted by Crippen LogP contribution is -2.26. The zero-order valence-electron chi connectivity index (χ0n) is 10.2. The number of anilines is 1. The van der Waals surface area contributed by atoms with Gasteiger partial charge in [-0.15, -0.1) is 0 Å². The maximum absolute atomic E-state index is 11.0. The predicted molar refractivity (Wildman–Crippen MR) is 66.8 cm³/mol. The van der Waals surface area contributed by atoms with Gasteiger partial charge in [-0.2, -0.15) is 0 Å². The summed E-state index contributed by atoms with van der Waals surface area (Å²) in [7, 11) is 1.38. The van der Waals surface area contributed by atoms with Gasteiger partial charge in [0.1, 0.15) is 5.69 Å². The fourth-order valence-corrected chi connectivity index (χ4v) is 1.45. The van der Waals surface area contributed by atoms with Gasteiger partial charge in [0.05, 0.1) is 12.0 Å². The lowest BCUT2D eigenvalue weighted by atomic mass is 10.2. The second-order valence-electron chi connectivity index (χ2n) is 3.52. The van der Waals surface area contributed by atoms with Crippen molar-refractivity contribution >= 4 is 17.3 Å². The third kappa shape index (κ3) is 3.62. The van der Waals surface area contributed by atoms with Gasteiger partial charge in [-0.3, -0.25) is 14.9 Å². The monoisotopic (exact) mass is 253 g/mol. The summed E-state index contributed by atoms with van der Waals surface area (Å²) in [6.07, 6.45) is 0. The zero-order chi connectivity index (χ0) is 13.5. The number of ether oxygens (including phenoxy) is 1. The van der Waals surface area contributed by atoms with Gasteiger partial charge in [0, 0.05) is 20.0 Å². The summed E-state index contributed by atoms with van der Waals surface area (Å²) in [5.74, 6) is 0.0569. The third-order valence-electron chi connectivity index (χ3n) is 2.22. The molecule has 0 saturated heterocycles. The fraction of sp³-hybridized carbons (Fsp3) is 0.364. The van der Waals surface area contributed by atoms with Crippen LogP contribution in [0.5, 0.6) is 5.75 Å². The maximum Gasteiger partial charge on any atom is 0.333 e. The molecule has 18 heavy (non-hydrogen) atoms. The van der Waals surface area contributed by atoms with E-state index in [2.05, 4.69) is 10.6 Å². The molecule has 1 rings (SSSR count). The van der Waals surface area contributed by atoms with Crippen LogP contribution in [0.15, 0.2) is 18.2 Å². The molecule has 98 valence electrons. The van der Waals surface area contributed by atoms with Crippen LogP contribution in [0, 0.1) is 10.1 Å². The lowest BCUT2D eigenvalue weighted by Gasteiger charge is -2.09. The van der Waals surface area contributed by atoms with E-state index in [0.717, 1.165) is 0 Å². The molecule has 1 aromatic rings. The number of nitro groups is 1. The van der Waals surface area contributed by atoms with Crippen molar-refractivity contribution in [1.29, 1.82) is 0 Å². The Kier molecular flexibility index (Phi) is 4.91. The summed E-state index contributed by atoms with van der Waals surface area (Å²) in [5.41, 5.74) is 0.257. The average molecular weight is 253 g/mol. The van der Waals surface area contributed by atoms with Crippen LogP contribution in [-0.2, 0) is 4.79 Å². The number of carbonyl (C=O) groups excluding carboxylic acids is 1. The van der Waals surface area contributed by atoms with E-state index in [1.54, 1.807) is 12.1 Å². The van der Waals surface area contributed by atoms with Gasteiger partial charge in [-0.05, 0) is 12.1 Å². The Bertz CT molecular complexity index is 448. The van der Waals surface area contributed by atoms with Crippen molar-refractivity contribution in [2.75, 3.05) is 25.5 Å². The van der Waals surface area contributed by atoms with Gasteiger partial charge in [0.2, 0.25) is 5.91 Å². The molecule has 0 spiro atoms. The highest BCUT2D eigenvalue weighted by Crippen LogP contribution is 2.34. The third-order valence-corrected chi connectivity index (χ3v) is 2.22. The Morgan fingerprint density at radius 1 is 1.44 bits per heavy atom. The molecule has 0 saturated carbocycles. The van der Waals surface area contributed by atoms with E-state index >= 15 is 0 Å². The van der Waals surface area contributed by atoms with E-state index in [1.165, 1.54) is 20.1 Å². The molecule has 0 fully saturated rings. The fourth-order valence-electron chi connectivity index (χ4n) is 1.45. The number of para-hydroxylation sites is 1. The van der Waals surface area contributed by atoms with Gasteiger partial charge in [0.15, 0.2) is 5.75 Å². The van der Waals surface area contributed by atoms with Crippen LogP contribution in [0.3, 0.4) is 0 Å². The molecule has 0 heterocycles. The van der Waals surface area contributed by atoms with E-state index < -0.39 is 4.92 Å². The van der Waals surface area contributed by atoms with Crippen LogP contribution in [0.2, 0.25) is 0 Å².